The van der Waals surface area contributed by atoms with Gasteiger partial charge in [-0.1, -0.05) is 99.3 Å². The average Bonchev–Trinajstić information content (AvgIpc) is 3.01. The molecule has 2 aliphatic rings. The number of hydrogen-bond donors (Lipinski definition) is 0. The largest absolute Gasteiger partial charge is 0.0776 e. The van der Waals surface area contributed by atoms with E-state index in [1.807, 2.05) is 27.7 Å². The Morgan fingerprint density at radius 3 is 0.500 bits per heavy atom. The van der Waals surface area contributed by atoms with Crippen molar-refractivity contribution in [1.82, 2.24) is 0 Å². The molecule has 0 heterocycles. The smallest absolute Gasteiger partial charge is 0 e. The summed E-state index contributed by atoms with van der Waals surface area (Å²) in [5.41, 5.74) is 0. The Bertz CT molecular complexity index is 38.6. The van der Waals surface area contributed by atoms with Gasteiger partial charge in [-0.15, -0.1) is 0 Å². The molecule has 0 saturated heterocycles. The van der Waals surface area contributed by atoms with Gasteiger partial charge in [0.1, 0.15) is 0 Å². The molecule has 104 valence electrons. The summed E-state index contributed by atoms with van der Waals surface area (Å²) < 4.78 is 0. The fourth-order valence-corrected chi connectivity index (χ4v) is 1.77. The molecule has 0 aromatic carbocycles. The van der Waals surface area contributed by atoms with Crippen LogP contribution in [0.1, 0.15) is 99.3 Å². The molecule has 2 saturated carbocycles. The Balaban J connectivity index is -0.0000000631. The van der Waals surface area contributed by atoms with Crippen LogP contribution in [-0.4, -0.2) is 0 Å². The van der Waals surface area contributed by atoms with Crippen molar-refractivity contribution in [2.24, 2.45) is 0 Å². The summed E-state index contributed by atoms with van der Waals surface area (Å²) in [5.74, 6) is 0. The van der Waals surface area contributed by atoms with E-state index in [9.17, 15) is 0 Å². The molecule has 16 heavy (non-hydrogen) atoms. The zero-order valence-corrected chi connectivity index (χ0v) is 12.1. The van der Waals surface area contributed by atoms with E-state index >= 15 is 0 Å². The Hall–Kier alpha value is 1.26. The quantitative estimate of drug-likeness (QED) is 0.458. The summed E-state index contributed by atoms with van der Waals surface area (Å²) in [7, 11) is 0. The topological polar surface area (TPSA) is 0 Å². The van der Waals surface area contributed by atoms with Gasteiger partial charge < -0.3 is 0 Å². The molecule has 0 amide bonds. The predicted octanol–water partition coefficient (Wildman–Crippen LogP) is 6.59. The van der Waals surface area contributed by atoms with E-state index in [0.717, 1.165) is 0 Å². The van der Waals surface area contributed by atoms with Crippen molar-refractivity contribution >= 4 is 0 Å². The van der Waals surface area contributed by atoms with E-state index in [1.54, 1.807) is 0 Å². The van der Waals surface area contributed by atoms with E-state index in [4.69, 9.17) is 0 Å². The zero-order valence-electron chi connectivity index (χ0n) is 11.4. The van der Waals surface area contributed by atoms with Gasteiger partial charge in [-0.2, -0.15) is 0 Å². The van der Waals surface area contributed by atoms with E-state index in [0.29, 0.717) is 0 Å². The van der Waals surface area contributed by atoms with Gasteiger partial charge in [0, 0.05) is 37.7 Å². The van der Waals surface area contributed by atoms with E-state index < -0.39 is 0 Å². The van der Waals surface area contributed by atoms with Crippen LogP contribution in [0.15, 0.2) is 0 Å². The fourth-order valence-electron chi connectivity index (χ4n) is 1.77. The van der Waals surface area contributed by atoms with Crippen molar-refractivity contribution in [2.75, 3.05) is 0 Å². The maximum atomic E-state index is 2.00. The number of rotatable bonds is 0. The first kappa shape index (κ1) is 26.0. The summed E-state index contributed by atoms with van der Waals surface area (Å²) >= 11 is 0. The summed E-state index contributed by atoms with van der Waals surface area (Å²) in [5, 5.41) is 0. The Kier molecular flexibility index (Phi) is 48.4. The molecule has 0 nitrogen and oxygen atoms in total. The van der Waals surface area contributed by atoms with Gasteiger partial charge in [-0.25, -0.2) is 0 Å². The van der Waals surface area contributed by atoms with Gasteiger partial charge in [0.05, 0.1) is 0 Å². The van der Waals surface area contributed by atoms with Gasteiger partial charge in [-0.05, 0) is 0 Å². The molecule has 0 aromatic rings. The standard InChI is InChI=1S/2C5H10.2C2H6.CH4.Ar/c2*1-2-4-5-3-1;2*1-2;;/h2*1-5H2;2*1-2H3;1H4;. The molecule has 2 aliphatic carbocycles. The molecule has 0 bridgehead atoms. The van der Waals surface area contributed by atoms with Crippen LogP contribution in [0.3, 0.4) is 0 Å². The molecular weight excluding hydrogens is 220 g/mol. The third-order valence-electron chi connectivity index (χ3n) is 2.50. The summed E-state index contributed by atoms with van der Waals surface area (Å²) in [6.07, 6.45) is 15.0. The molecule has 0 aromatic heterocycles. The first-order chi connectivity index (χ1) is 7.00. The SMILES string of the molecule is C.C1CCCC1.C1CCCC1.CC.CC.[Ar]. The molecule has 0 unspecified atom stereocenters. The average molecular weight is 256 g/mol. The van der Waals surface area contributed by atoms with Crippen LogP contribution in [0.25, 0.3) is 0 Å². The molecule has 0 spiro atoms. The monoisotopic (exact) mass is 256 g/mol. The molecule has 2 fully saturated rings. The Morgan fingerprint density at radius 1 is 0.375 bits per heavy atom. The molecule has 2 rings (SSSR count). The van der Waals surface area contributed by atoms with Crippen LogP contribution in [0.4, 0.5) is 0 Å². The molecule has 0 N–H and O–H groups in total. The van der Waals surface area contributed by atoms with Crippen molar-refractivity contribution in [2.45, 2.75) is 99.3 Å². The van der Waals surface area contributed by atoms with Crippen LogP contribution in [0.5, 0.6) is 0 Å². The summed E-state index contributed by atoms with van der Waals surface area (Å²) in [6.45, 7) is 8.00. The molecule has 1 heteroatoms. The Labute approximate surface area is 136 Å². The second kappa shape index (κ2) is 29.9. The van der Waals surface area contributed by atoms with Crippen LogP contribution in [0.2, 0.25) is 0 Å². The molecule has 0 atom stereocenters. The van der Waals surface area contributed by atoms with E-state index in [2.05, 4.69) is 0 Å². The second-order valence-electron chi connectivity index (χ2n) is 3.54. The van der Waals surface area contributed by atoms with E-state index in [-0.39, 0.29) is 45.2 Å². The second-order valence-corrected chi connectivity index (χ2v) is 3.54. The maximum Gasteiger partial charge on any atom is 0 e. The van der Waals surface area contributed by atoms with Crippen LogP contribution in [0, 0.1) is 37.7 Å². The first-order valence-electron chi connectivity index (χ1n) is 7.00. The first-order valence-corrected chi connectivity index (χ1v) is 7.00. The minimum atomic E-state index is 0. The van der Waals surface area contributed by atoms with Crippen molar-refractivity contribution in [3.05, 3.63) is 0 Å². The maximum absolute atomic E-state index is 2.00. The van der Waals surface area contributed by atoms with Gasteiger partial charge in [0.2, 0.25) is 0 Å². The Morgan fingerprint density at radius 2 is 0.438 bits per heavy atom. The summed E-state index contributed by atoms with van der Waals surface area (Å²) in [4.78, 5) is 0. The van der Waals surface area contributed by atoms with Crippen LogP contribution < -0.4 is 0 Å². The minimum absolute atomic E-state index is 0. The van der Waals surface area contributed by atoms with E-state index in [1.165, 1.54) is 64.2 Å². The minimum Gasteiger partial charge on any atom is -0.0776 e. The van der Waals surface area contributed by atoms with Crippen molar-refractivity contribution in [3.63, 3.8) is 0 Å². The van der Waals surface area contributed by atoms with Gasteiger partial charge in [-0.3, -0.25) is 0 Å². The molecule has 0 aliphatic heterocycles. The van der Waals surface area contributed by atoms with Gasteiger partial charge in [0.15, 0.2) is 0 Å². The number of hydrogen-bond acceptors (Lipinski definition) is 0. The predicted molar refractivity (Wildman–Crippen MR) is 75.6 cm³/mol. The third kappa shape index (κ3) is 24.5. The summed E-state index contributed by atoms with van der Waals surface area (Å²) in [6, 6.07) is 0. The molecule has 0 radical (unpaired) electrons. The van der Waals surface area contributed by atoms with Crippen molar-refractivity contribution < 1.29 is 37.7 Å². The van der Waals surface area contributed by atoms with Crippen molar-refractivity contribution in [1.29, 1.82) is 0 Å². The fraction of sp³-hybridized carbons (Fsp3) is 1.00. The molecular formula is C15H36Ar. The van der Waals surface area contributed by atoms with Crippen LogP contribution >= 0.6 is 0 Å². The van der Waals surface area contributed by atoms with Crippen molar-refractivity contribution in [3.8, 4) is 0 Å². The van der Waals surface area contributed by atoms with Gasteiger partial charge >= 0.3 is 0 Å². The zero-order chi connectivity index (χ0) is 11.1. The normalized spacial score (nSPS) is 15.8. The third-order valence-corrected chi connectivity index (χ3v) is 2.50. The van der Waals surface area contributed by atoms with Crippen LogP contribution in [-0.2, 0) is 0 Å². The van der Waals surface area contributed by atoms with Gasteiger partial charge in [0.25, 0.3) is 0 Å².